The van der Waals surface area contributed by atoms with Gasteiger partial charge in [0.05, 0.1) is 5.56 Å². The van der Waals surface area contributed by atoms with Gasteiger partial charge in [-0.2, -0.15) is 0 Å². The topological polar surface area (TPSA) is 75.6 Å². The first-order valence-corrected chi connectivity index (χ1v) is 8.27. The number of hydrogen-bond donors (Lipinski definition) is 2. The zero-order chi connectivity index (χ0) is 19.1. The number of ether oxygens (including phenoxy) is 1. The van der Waals surface area contributed by atoms with Crippen molar-refractivity contribution in [2.24, 2.45) is 0 Å². The lowest BCUT2D eigenvalue weighted by atomic mass is 10.1. The Morgan fingerprint density at radius 3 is 2.30 bits per heavy atom. The smallest absolute Gasteiger partial charge is 0.328 e. The van der Waals surface area contributed by atoms with Crippen LogP contribution < -0.4 is 10.1 Å². The maximum Gasteiger partial charge on any atom is 0.328 e. The van der Waals surface area contributed by atoms with Crippen molar-refractivity contribution in [1.29, 1.82) is 0 Å². The zero-order valence-corrected chi connectivity index (χ0v) is 14.3. The van der Waals surface area contributed by atoms with Crippen LogP contribution in [0.3, 0.4) is 0 Å². The molecule has 0 bridgehead atoms. The Morgan fingerprint density at radius 2 is 1.52 bits per heavy atom. The first-order chi connectivity index (χ1) is 13.1. The molecule has 0 saturated heterocycles. The van der Waals surface area contributed by atoms with E-state index in [1.54, 1.807) is 60.7 Å². The molecule has 27 heavy (non-hydrogen) atoms. The Kier molecular flexibility index (Phi) is 5.64. The van der Waals surface area contributed by atoms with Crippen molar-refractivity contribution in [3.8, 4) is 11.5 Å². The van der Waals surface area contributed by atoms with Crippen LogP contribution in [0.15, 0.2) is 84.9 Å². The largest absolute Gasteiger partial charge is 0.478 e. The van der Waals surface area contributed by atoms with Gasteiger partial charge >= 0.3 is 5.97 Å². The van der Waals surface area contributed by atoms with Crippen molar-refractivity contribution >= 4 is 23.6 Å². The fraction of sp³-hybridized carbons (Fsp3) is 0. The molecule has 0 aliphatic heterocycles. The number of benzene rings is 3. The predicted molar refractivity (Wildman–Crippen MR) is 104 cm³/mol. The number of para-hydroxylation sites is 3. The number of carboxylic acids is 1. The van der Waals surface area contributed by atoms with E-state index in [9.17, 15) is 9.59 Å². The average Bonchev–Trinajstić information content (AvgIpc) is 2.68. The van der Waals surface area contributed by atoms with Gasteiger partial charge in [0.25, 0.3) is 5.91 Å². The van der Waals surface area contributed by atoms with E-state index in [1.807, 2.05) is 18.2 Å². The van der Waals surface area contributed by atoms with Crippen molar-refractivity contribution in [2.75, 3.05) is 5.32 Å². The van der Waals surface area contributed by atoms with Gasteiger partial charge in [-0.25, -0.2) is 4.79 Å². The highest BCUT2D eigenvalue weighted by Crippen LogP contribution is 2.26. The molecule has 0 saturated carbocycles. The van der Waals surface area contributed by atoms with Gasteiger partial charge in [-0.3, -0.25) is 4.79 Å². The molecule has 0 heterocycles. The molecular weight excluding hydrogens is 342 g/mol. The van der Waals surface area contributed by atoms with Crippen LogP contribution in [0, 0.1) is 0 Å². The third-order valence-electron chi connectivity index (χ3n) is 3.72. The van der Waals surface area contributed by atoms with Crippen LogP contribution in [0.25, 0.3) is 6.08 Å². The van der Waals surface area contributed by atoms with Crippen molar-refractivity contribution in [2.45, 2.75) is 0 Å². The predicted octanol–water partition coefficient (Wildman–Crippen LogP) is 4.83. The first-order valence-electron chi connectivity index (χ1n) is 8.27. The fourth-order valence-corrected chi connectivity index (χ4v) is 2.47. The Balaban J connectivity index is 1.85. The maximum atomic E-state index is 12.8. The average molecular weight is 359 g/mol. The summed E-state index contributed by atoms with van der Waals surface area (Å²) < 4.78 is 5.83. The summed E-state index contributed by atoms with van der Waals surface area (Å²) in [5, 5.41) is 11.6. The minimum absolute atomic E-state index is 0.349. The van der Waals surface area contributed by atoms with Crippen molar-refractivity contribution in [1.82, 2.24) is 0 Å². The Morgan fingerprint density at radius 1 is 0.852 bits per heavy atom. The fourth-order valence-electron chi connectivity index (χ4n) is 2.47. The standard InChI is InChI=1S/C22H17NO4/c24-21(25)15-14-16-8-4-6-12-19(16)23-22(26)18-11-5-7-13-20(18)27-17-9-2-1-3-10-17/h1-15H,(H,23,26)(H,24,25). The molecule has 0 spiro atoms. The molecule has 0 radical (unpaired) electrons. The van der Waals surface area contributed by atoms with Crippen molar-refractivity contribution < 1.29 is 19.4 Å². The SMILES string of the molecule is O=C(O)C=Cc1ccccc1NC(=O)c1ccccc1Oc1ccccc1. The van der Waals surface area contributed by atoms with Crippen LogP contribution >= 0.6 is 0 Å². The Hall–Kier alpha value is -3.86. The first kappa shape index (κ1) is 17.9. The van der Waals surface area contributed by atoms with Crippen LogP contribution in [-0.4, -0.2) is 17.0 Å². The van der Waals surface area contributed by atoms with Crippen LogP contribution in [0.5, 0.6) is 11.5 Å². The molecule has 3 aromatic carbocycles. The van der Waals surface area contributed by atoms with E-state index < -0.39 is 5.97 Å². The summed E-state index contributed by atoms with van der Waals surface area (Å²) in [6.45, 7) is 0. The molecule has 0 fully saturated rings. The van der Waals surface area contributed by atoms with Crippen LogP contribution in [0.2, 0.25) is 0 Å². The van der Waals surface area contributed by atoms with Crippen LogP contribution in [0.1, 0.15) is 15.9 Å². The lowest BCUT2D eigenvalue weighted by molar-refractivity contribution is -0.131. The summed E-state index contributed by atoms with van der Waals surface area (Å²) in [5.41, 5.74) is 1.47. The highest BCUT2D eigenvalue weighted by molar-refractivity contribution is 6.07. The van der Waals surface area contributed by atoms with Gasteiger partial charge in [-0.15, -0.1) is 0 Å². The lowest BCUT2D eigenvalue weighted by Gasteiger charge is -2.12. The van der Waals surface area contributed by atoms with Crippen LogP contribution in [0.4, 0.5) is 5.69 Å². The summed E-state index contributed by atoms with van der Waals surface area (Å²) in [7, 11) is 0. The second kappa shape index (κ2) is 8.49. The van der Waals surface area contributed by atoms with E-state index in [0.717, 1.165) is 6.08 Å². The number of carbonyl (C=O) groups is 2. The molecule has 3 aromatic rings. The molecule has 1 amide bonds. The number of carboxylic acid groups (broad SMARTS) is 1. The van der Waals surface area contributed by atoms with Gasteiger partial charge < -0.3 is 15.2 Å². The van der Waals surface area contributed by atoms with Crippen LogP contribution in [-0.2, 0) is 4.79 Å². The molecule has 0 unspecified atom stereocenters. The molecule has 2 N–H and O–H groups in total. The van der Waals surface area contributed by atoms with Crippen molar-refractivity contribution in [3.63, 3.8) is 0 Å². The minimum Gasteiger partial charge on any atom is -0.478 e. The monoisotopic (exact) mass is 359 g/mol. The Bertz CT molecular complexity index is 980. The zero-order valence-electron chi connectivity index (χ0n) is 14.3. The summed E-state index contributed by atoms with van der Waals surface area (Å²) in [5.74, 6) is -0.349. The van der Waals surface area contributed by atoms with E-state index in [1.165, 1.54) is 6.08 Å². The number of amides is 1. The van der Waals surface area contributed by atoms with E-state index in [2.05, 4.69) is 5.32 Å². The summed E-state index contributed by atoms with van der Waals surface area (Å²) in [6.07, 6.45) is 2.46. The molecule has 134 valence electrons. The van der Waals surface area contributed by atoms with Gasteiger partial charge in [-0.05, 0) is 42.0 Å². The molecule has 0 atom stereocenters. The quantitative estimate of drug-likeness (QED) is 0.618. The van der Waals surface area contributed by atoms with Gasteiger partial charge in [0.1, 0.15) is 11.5 Å². The maximum absolute atomic E-state index is 12.8. The molecule has 0 aromatic heterocycles. The van der Waals surface area contributed by atoms with Gasteiger partial charge in [0.15, 0.2) is 0 Å². The van der Waals surface area contributed by atoms with Gasteiger partial charge in [0, 0.05) is 11.8 Å². The lowest BCUT2D eigenvalue weighted by Crippen LogP contribution is -2.13. The summed E-state index contributed by atoms with van der Waals surface area (Å²) >= 11 is 0. The highest BCUT2D eigenvalue weighted by Gasteiger charge is 2.14. The minimum atomic E-state index is -1.06. The normalized spacial score (nSPS) is 10.5. The summed E-state index contributed by atoms with van der Waals surface area (Å²) in [4.78, 5) is 23.5. The number of rotatable bonds is 6. The molecule has 5 nitrogen and oxygen atoms in total. The number of aliphatic carboxylic acids is 1. The van der Waals surface area contributed by atoms with E-state index in [4.69, 9.17) is 9.84 Å². The number of hydrogen-bond acceptors (Lipinski definition) is 3. The number of anilines is 1. The molecular formula is C22H17NO4. The van der Waals surface area contributed by atoms with Gasteiger partial charge in [0.2, 0.25) is 0 Å². The van der Waals surface area contributed by atoms with Gasteiger partial charge in [-0.1, -0.05) is 48.5 Å². The second-order valence-corrected chi connectivity index (χ2v) is 5.62. The van der Waals surface area contributed by atoms with E-state index >= 15 is 0 Å². The third-order valence-corrected chi connectivity index (χ3v) is 3.72. The molecule has 0 aliphatic carbocycles. The molecule has 5 heteroatoms. The van der Waals surface area contributed by atoms with Crippen molar-refractivity contribution in [3.05, 3.63) is 96.1 Å². The number of nitrogens with one attached hydrogen (secondary N) is 1. The van der Waals surface area contributed by atoms with E-state index in [-0.39, 0.29) is 5.91 Å². The van der Waals surface area contributed by atoms with E-state index in [0.29, 0.717) is 28.3 Å². The second-order valence-electron chi connectivity index (χ2n) is 5.62. The molecule has 3 rings (SSSR count). The molecule has 0 aliphatic rings. The highest BCUT2D eigenvalue weighted by atomic mass is 16.5. The third kappa shape index (κ3) is 4.83. The number of carbonyl (C=O) groups excluding carboxylic acids is 1. The summed E-state index contributed by atoms with van der Waals surface area (Å²) in [6, 6.07) is 23.1. The Labute approximate surface area is 156 Å².